The molecule has 0 unspecified atom stereocenters. The molecule has 0 aliphatic rings. The van der Waals surface area contributed by atoms with Crippen LogP contribution in [0.4, 0.5) is 0 Å². The second-order valence-electron chi connectivity index (χ2n) is 5.03. The summed E-state index contributed by atoms with van der Waals surface area (Å²) in [5, 5.41) is 0. The van der Waals surface area contributed by atoms with E-state index >= 15 is 0 Å². The lowest BCUT2D eigenvalue weighted by molar-refractivity contribution is -0.671. The maximum Gasteiger partial charge on any atom is 0.213 e. The summed E-state index contributed by atoms with van der Waals surface area (Å²) in [6.45, 7) is 2.13. The first kappa shape index (κ1) is 12.5. The number of pyridine rings is 2. The first-order valence-electron chi connectivity index (χ1n) is 6.77. The van der Waals surface area contributed by atoms with Crippen molar-refractivity contribution in [3.05, 3.63) is 78.9 Å². The molecule has 0 radical (unpaired) electrons. The van der Waals surface area contributed by atoms with Crippen LogP contribution in [0.15, 0.2) is 73.3 Å². The highest BCUT2D eigenvalue weighted by molar-refractivity contribution is 5.61. The molecule has 0 N–H and O–H groups in total. The number of para-hydroxylation sites is 1. The molecule has 3 aromatic rings. The van der Waals surface area contributed by atoms with Gasteiger partial charge in [0.1, 0.15) is 7.05 Å². The molecule has 2 heterocycles. The van der Waals surface area contributed by atoms with Gasteiger partial charge in [-0.25, -0.2) is 4.57 Å². The smallest absolute Gasteiger partial charge is 0.208 e. The van der Waals surface area contributed by atoms with E-state index in [0.29, 0.717) is 0 Å². The summed E-state index contributed by atoms with van der Waals surface area (Å²) in [7, 11) is 2.03. The molecule has 0 spiro atoms. The largest absolute Gasteiger partial charge is 0.213 e. The van der Waals surface area contributed by atoms with Crippen LogP contribution in [-0.2, 0) is 7.05 Å². The number of hydrogen-bond donors (Lipinski definition) is 0. The number of benzene rings is 1. The molecular formula is C18H18N2+2. The predicted molar refractivity (Wildman–Crippen MR) is 79.3 cm³/mol. The van der Waals surface area contributed by atoms with Crippen molar-refractivity contribution in [2.75, 3.05) is 0 Å². The Balaban J connectivity index is 1.96. The van der Waals surface area contributed by atoms with E-state index in [9.17, 15) is 0 Å². The fourth-order valence-corrected chi connectivity index (χ4v) is 2.33. The van der Waals surface area contributed by atoms with Gasteiger partial charge >= 0.3 is 0 Å². The zero-order valence-corrected chi connectivity index (χ0v) is 11.8. The molecule has 0 aliphatic carbocycles. The molecule has 0 atom stereocenters. The van der Waals surface area contributed by atoms with E-state index < -0.39 is 0 Å². The van der Waals surface area contributed by atoms with Crippen LogP contribution in [0.1, 0.15) is 5.56 Å². The maximum absolute atomic E-state index is 2.15. The Kier molecular flexibility index (Phi) is 3.30. The summed E-state index contributed by atoms with van der Waals surface area (Å²) in [5.41, 5.74) is 4.96. The molecule has 98 valence electrons. The van der Waals surface area contributed by atoms with Gasteiger partial charge < -0.3 is 0 Å². The third kappa shape index (κ3) is 2.45. The Labute approximate surface area is 119 Å². The van der Waals surface area contributed by atoms with Gasteiger partial charge in [-0.2, -0.15) is 4.57 Å². The van der Waals surface area contributed by atoms with Crippen molar-refractivity contribution >= 4 is 0 Å². The van der Waals surface area contributed by atoms with Gasteiger partial charge in [0.15, 0.2) is 24.8 Å². The van der Waals surface area contributed by atoms with Crippen molar-refractivity contribution in [2.45, 2.75) is 6.92 Å². The fourth-order valence-electron chi connectivity index (χ4n) is 2.33. The number of hydrogen-bond acceptors (Lipinski definition) is 0. The molecule has 0 amide bonds. The van der Waals surface area contributed by atoms with Gasteiger partial charge in [0.25, 0.3) is 0 Å². The molecule has 0 fully saturated rings. The normalized spacial score (nSPS) is 10.5. The van der Waals surface area contributed by atoms with Gasteiger partial charge in [-0.1, -0.05) is 18.2 Å². The number of rotatable bonds is 2. The molecule has 0 saturated heterocycles. The Morgan fingerprint density at radius 1 is 0.700 bits per heavy atom. The Hall–Kier alpha value is -2.48. The van der Waals surface area contributed by atoms with Crippen molar-refractivity contribution < 1.29 is 9.13 Å². The minimum absolute atomic E-state index is 1.22. The van der Waals surface area contributed by atoms with E-state index in [0.717, 1.165) is 0 Å². The first-order chi connectivity index (χ1) is 9.74. The SMILES string of the molecule is Cc1ccccc1-[n+]1ccc(-c2cc[n+](C)cc2)cc1. The van der Waals surface area contributed by atoms with Crippen LogP contribution in [0.25, 0.3) is 16.8 Å². The highest BCUT2D eigenvalue weighted by atomic mass is 14.9. The molecule has 3 rings (SSSR count). The zero-order valence-electron chi connectivity index (χ0n) is 11.8. The van der Waals surface area contributed by atoms with E-state index in [2.05, 4.69) is 84.8 Å². The van der Waals surface area contributed by atoms with Gasteiger partial charge in [0.05, 0.1) is 0 Å². The van der Waals surface area contributed by atoms with Gasteiger partial charge in [-0.15, -0.1) is 0 Å². The summed E-state index contributed by atoms with van der Waals surface area (Å²) < 4.78 is 4.20. The molecule has 2 aromatic heterocycles. The molecule has 0 bridgehead atoms. The highest BCUT2D eigenvalue weighted by Crippen LogP contribution is 2.16. The summed E-state index contributed by atoms with van der Waals surface area (Å²) in [6, 6.07) is 17.0. The molecule has 0 saturated carbocycles. The van der Waals surface area contributed by atoms with Crippen LogP contribution >= 0.6 is 0 Å². The van der Waals surface area contributed by atoms with Gasteiger partial charge in [0.2, 0.25) is 5.69 Å². The highest BCUT2D eigenvalue weighted by Gasteiger charge is 2.09. The number of nitrogens with zero attached hydrogens (tertiary/aromatic N) is 2. The average molecular weight is 262 g/mol. The quantitative estimate of drug-likeness (QED) is 0.627. The monoisotopic (exact) mass is 262 g/mol. The maximum atomic E-state index is 2.15. The number of aromatic nitrogens is 2. The van der Waals surface area contributed by atoms with E-state index in [1.165, 1.54) is 22.4 Å². The van der Waals surface area contributed by atoms with Gasteiger partial charge in [-0.3, -0.25) is 0 Å². The molecule has 20 heavy (non-hydrogen) atoms. The van der Waals surface area contributed by atoms with Crippen molar-refractivity contribution in [1.82, 2.24) is 0 Å². The first-order valence-corrected chi connectivity index (χ1v) is 6.77. The van der Waals surface area contributed by atoms with Crippen LogP contribution in [0, 0.1) is 6.92 Å². The summed E-state index contributed by atoms with van der Waals surface area (Å²) in [4.78, 5) is 0. The second-order valence-corrected chi connectivity index (χ2v) is 5.03. The minimum atomic E-state index is 1.22. The summed E-state index contributed by atoms with van der Waals surface area (Å²) in [6.07, 6.45) is 8.37. The summed E-state index contributed by atoms with van der Waals surface area (Å²) >= 11 is 0. The zero-order chi connectivity index (χ0) is 13.9. The van der Waals surface area contributed by atoms with Crippen molar-refractivity contribution in [1.29, 1.82) is 0 Å². The lowest BCUT2D eigenvalue weighted by Crippen LogP contribution is -2.30. The third-order valence-corrected chi connectivity index (χ3v) is 3.53. The lowest BCUT2D eigenvalue weighted by atomic mass is 10.1. The lowest BCUT2D eigenvalue weighted by Gasteiger charge is -2.02. The van der Waals surface area contributed by atoms with Crippen LogP contribution in [0.3, 0.4) is 0 Å². The molecular weight excluding hydrogens is 244 g/mol. The van der Waals surface area contributed by atoms with Gasteiger partial charge in [0, 0.05) is 35.9 Å². The molecule has 0 aliphatic heterocycles. The van der Waals surface area contributed by atoms with Crippen molar-refractivity contribution in [2.24, 2.45) is 7.05 Å². The van der Waals surface area contributed by atoms with E-state index in [1.807, 2.05) is 11.6 Å². The van der Waals surface area contributed by atoms with E-state index in [1.54, 1.807) is 0 Å². The van der Waals surface area contributed by atoms with E-state index in [-0.39, 0.29) is 0 Å². The third-order valence-electron chi connectivity index (χ3n) is 3.53. The van der Waals surface area contributed by atoms with Crippen molar-refractivity contribution in [3.8, 4) is 16.8 Å². The van der Waals surface area contributed by atoms with Crippen LogP contribution < -0.4 is 9.13 Å². The molecule has 1 aromatic carbocycles. The standard InChI is InChI=1S/C18H18N2/c1-15-5-3-4-6-18(15)20-13-9-17(10-14-20)16-7-11-19(2)12-8-16/h3-14H,1-2H3/q+2. The molecule has 2 nitrogen and oxygen atoms in total. The average Bonchev–Trinajstić information content (AvgIpc) is 2.49. The Morgan fingerprint density at radius 2 is 1.25 bits per heavy atom. The second kappa shape index (κ2) is 5.25. The number of aryl methyl sites for hydroxylation is 2. The topological polar surface area (TPSA) is 7.76 Å². The fraction of sp³-hybridized carbons (Fsp3) is 0.111. The Bertz CT molecular complexity index is 713. The predicted octanol–water partition coefficient (Wildman–Crippen LogP) is 2.76. The van der Waals surface area contributed by atoms with Crippen molar-refractivity contribution in [3.63, 3.8) is 0 Å². The van der Waals surface area contributed by atoms with Crippen LogP contribution in [0.5, 0.6) is 0 Å². The summed E-state index contributed by atoms with van der Waals surface area (Å²) in [5.74, 6) is 0. The molecule has 2 heteroatoms. The van der Waals surface area contributed by atoms with Gasteiger partial charge in [-0.05, 0) is 18.1 Å². The Morgan fingerprint density at radius 3 is 1.85 bits per heavy atom. The van der Waals surface area contributed by atoms with Crippen LogP contribution in [0.2, 0.25) is 0 Å². The minimum Gasteiger partial charge on any atom is -0.208 e. The van der Waals surface area contributed by atoms with E-state index in [4.69, 9.17) is 0 Å². The van der Waals surface area contributed by atoms with Crippen LogP contribution in [-0.4, -0.2) is 0 Å².